The van der Waals surface area contributed by atoms with Crippen molar-refractivity contribution in [2.24, 2.45) is 0 Å². The summed E-state index contributed by atoms with van der Waals surface area (Å²) in [6, 6.07) is 13.8. The molecule has 0 atom stereocenters. The Hall–Kier alpha value is -2.80. The maximum atomic E-state index is 12.5. The third kappa shape index (κ3) is 3.11. The number of nitrogens with one attached hydrogen (secondary N) is 2. The van der Waals surface area contributed by atoms with E-state index in [0.29, 0.717) is 5.56 Å². The van der Waals surface area contributed by atoms with Gasteiger partial charge >= 0.3 is 0 Å². The van der Waals surface area contributed by atoms with E-state index in [1.54, 1.807) is 31.5 Å². The average molecular weight is 343 g/mol. The Kier molecular flexibility index (Phi) is 4.26. The quantitative estimate of drug-likeness (QED) is 0.745. The minimum atomic E-state index is -3.69. The number of anilines is 1. The summed E-state index contributed by atoms with van der Waals surface area (Å²) in [5, 5.41) is 6.74. The first-order chi connectivity index (χ1) is 11.5. The normalized spacial score (nSPS) is 11.2. The second-order valence-corrected chi connectivity index (χ2v) is 6.93. The Labute approximate surface area is 140 Å². The number of hydrogen-bond donors (Lipinski definition) is 2. The number of benzene rings is 2. The fourth-order valence-electron chi connectivity index (χ4n) is 2.42. The number of methoxy groups -OCH3 is 1. The molecule has 0 amide bonds. The van der Waals surface area contributed by atoms with Gasteiger partial charge in [-0.25, -0.2) is 8.42 Å². The van der Waals surface area contributed by atoms with Crippen LogP contribution in [-0.4, -0.2) is 25.7 Å². The van der Waals surface area contributed by atoms with Gasteiger partial charge in [0.25, 0.3) is 10.0 Å². The average Bonchev–Trinajstić information content (AvgIpc) is 3.03. The number of aromatic amines is 1. The number of aryl methyl sites for hydroxylation is 1. The summed E-state index contributed by atoms with van der Waals surface area (Å²) >= 11 is 0. The van der Waals surface area contributed by atoms with Crippen LogP contribution in [0.1, 0.15) is 5.56 Å². The summed E-state index contributed by atoms with van der Waals surface area (Å²) in [7, 11) is -2.08. The minimum Gasteiger partial charge on any atom is -0.496 e. The van der Waals surface area contributed by atoms with Crippen LogP contribution in [0.25, 0.3) is 11.1 Å². The smallest absolute Gasteiger partial charge is 0.263 e. The first kappa shape index (κ1) is 16.1. The van der Waals surface area contributed by atoms with Gasteiger partial charge < -0.3 is 4.74 Å². The lowest BCUT2D eigenvalue weighted by Gasteiger charge is -2.09. The fraction of sp³-hybridized carbons (Fsp3) is 0.118. The topological polar surface area (TPSA) is 84.1 Å². The van der Waals surface area contributed by atoms with Gasteiger partial charge in [0.05, 0.1) is 12.0 Å². The second-order valence-electron chi connectivity index (χ2n) is 5.25. The fourth-order valence-corrected chi connectivity index (χ4v) is 3.46. The molecule has 0 aliphatic rings. The van der Waals surface area contributed by atoms with Crippen molar-refractivity contribution >= 4 is 15.8 Å². The summed E-state index contributed by atoms with van der Waals surface area (Å²) in [5.41, 5.74) is 2.46. The molecule has 0 aliphatic heterocycles. The van der Waals surface area contributed by atoms with E-state index in [-0.39, 0.29) is 10.7 Å². The molecule has 0 spiro atoms. The van der Waals surface area contributed by atoms with E-state index in [0.717, 1.165) is 16.9 Å². The molecule has 0 fully saturated rings. The Morgan fingerprint density at radius 1 is 1.12 bits per heavy atom. The van der Waals surface area contributed by atoms with Gasteiger partial charge in [-0.15, -0.1) is 0 Å². The molecule has 24 heavy (non-hydrogen) atoms. The van der Waals surface area contributed by atoms with Crippen molar-refractivity contribution in [2.45, 2.75) is 11.8 Å². The van der Waals surface area contributed by atoms with E-state index in [1.165, 1.54) is 12.1 Å². The predicted molar refractivity (Wildman–Crippen MR) is 92.6 cm³/mol. The lowest BCUT2D eigenvalue weighted by molar-refractivity contribution is 0.412. The summed E-state index contributed by atoms with van der Waals surface area (Å²) in [6.07, 6.45) is 1.66. The van der Waals surface area contributed by atoms with Crippen molar-refractivity contribution in [3.8, 4) is 16.9 Å². The number of H-pyrrole nitrogens is 1. The van der Waals surface area contributed by atoms with Crippen LogP contribution in [0.15, 0.2) is 59.6 Å². The van der Waals surface area contributed by atoms with Crippen LogP contribution >= 0.6 is 0 Å². The van der Waals surface area contributed by atoms with Crippen LogP contribution in [-0.2, 0) is 10.0 Å². The summed E-state index contributed by atoms with van der Waals surface area (Å²) < 4.78 is 32.7. The van der Waals surface area contributed by atoms with Crippen molar-refractivity contribution in [3.63, 3.8) is 0 Å². The van der Waals surface area contributed by atoms with Crippen LogP contribution in [0, 0.1) is 6.92 Å². The zero-order valence-electron chi connectivity index (χ0n) is 13.3. The van der Waals surface area contributed by atoms with E-state index in [2.05, 4.69) is 14.9 Å². The van der Waals surface area contributed by atoms with Crippen LogP contribution < -0.4 is 9.46 Å². The van der Waals surface area contributed by atoms with Gasteiger partial charge in [0, 0.05) is 11.8 Å². The summed E-state index contributed by atoms with van der Waals surface area (Å²) in [4.78, 5) is 0.185. The van der Waals surface area contributed by atoms with Gasteiger partial charge in [-0.3, -0.25) is 9.82 Å². The van der Waals surface area contributed by atoms with E-state index in [9.17, 15) is 8.42 Å². The third-order valence-electron chi connectivity index (χ3n) is 3.63. The predicted octanol–water partition coefficient (Wildman–Crippen LogP) is 3.19. The number of rotatable bonds is 5. The molecule has 0 saturated heterocycles. The molecule has 0 radical (unpaired) electrons. The molecule has 0 aliphatic carbocycles. The molecule has 0 unspecified atom stereocenters. The van der Waals surface area contributed by atoms with E-state index in [1.807, 2.05) is 25.1 Å². The summed E-state index contributed by atoms with van der Waals surface area (Å²) in [6.45, 7) is 1.93. The Balaban J connectivity index is 1.95. The zero-order chi connectivity index (χ0) is 17.2. The van der Waals surface area contributed by atoms with Gasteiger partial charge in [-0.2, -0.15) is 5.10 Å². The van der Waals surface area contributed by atoms with Crippen molar-refractivity contribution in [1.29, 1.82) is 0 Å². The summed E-state index contributed by atoms with van der Waals surface area (Å²) in [5.74, 6) is 1.03. The SMILES string of the molecule is COc1ccc(-c2c[nH]nc2NS(=O)(=O)c2ccccc2)cc1C. The van der Waals surface area contributed by atoms with Gasteiger partial charge in [0.1, 0.15) is 5.75 Å². The van der Waals surface area contributed by atoms with E-state index >= 15 is 0 Å². The zero-order valence-corrected chi connectivity index (χ0v) is 14.1. The Morgan fingerprint density at radius 3 is 2.54 bits per heavy atom. The Bertz CT molecular complexity index is 950. The van der Waals surface area contributed by atoms with Crippen molar-refractivity contribution in [1.82, 2.24) is 10.2 Å². The highest BCUT2D eigenvalue weighted by Crippen LogP contribution is 2.31. The van der Waals surface area contributed by atoms with Gasteiger partial charge in [0.15, 0.2) is 5.82 Å². The van der Waals surface area contributed by atoms with Crippen molar-refractivity contribution in [2.75, 3.05) is 11.8 Å². The standard InChI is InChI=1S/C17H17N3O3S/c1-12-10-13(8-9-16(12)23-2)15-11-18-19-17(15)20-24(21,22)14-6-4-3-5-7-14/h3-11H,1-2H3,(H2,18,19,20). The van der Waals surface area contributed by atoms with E-state index < -0.39 is 10.0 Å². The molecule has 7 heteroatoms. The molecular formula is C17H17N3O3S. The van der Waals surface area contributed by atoms with Gasteiger partial charge in [-0.1, -0.05) is 24.3 Å². The highest BCUT2D eigenvalue weighted by atomic mass is 32.2. The number of hydrogen-bond acceptors (Lipinski definition) is 4. The molecule has 0 bridgehead atoms. The van der Waals surface area contributed by atoms with Crippen molar-refractivity contribution in [3.05, 3.63) is 60.3 Å². The molecule has 2 N–H and O–H groups in total. The van der Waals surface area contributed by atoms with Crippen LogP contribution in [0.2, 0.25) is 0 Å². The highest BCUT2D eigenvalue weighted by Gasteiger charge is 2.18. The monoisotopic (exact) mass is 343 g/mol. The lowest BCUT2D eigenvalue weighted by atomic mass is 10.1. The van der Waals surface area contributed by atoms with Gasteiger partial charge in [0.2, 0.25) is 0 Å². The maximum absolute atomic E-state index is 12.5. The highest BCUT2D eigenvalue weighted by molar-refractivity contribution is 7.92. The number of ether oxygens (including phenoxy) is 1. The second kappa shape index (κ2) is 6.37. The first-order valence-electron chi connectivity index (χ1n) is 7.28. The van der Waals surface area contributed by atoms with Gasteiger partial charge in [-0.05, 0) is 42.3 Å². The third-order valence-corrected chi connectivity index (χ3v) is 4.99. The first-order valence-corrected chi connectivity index (χ1v) is 8.76. The maximum Gasteiger partial charge on any atom is 0.263 e. The Morgan fingerprint density at radius 2 is 1.88 bits per heavy atom. The lowest BCUT2D eigenvalue weighted by Crippen LogP contribution is -2.13. The van der Waals surface area contributed by atoms with Crippen LogP contribution in [0.5, 0.6) is 5.75 Å². The number of aromatic nitrogens is 2. The van der Waals surface area contributed by atoms with E-state index in [4.69, 9.17) is 4.74 Å². The molecule has 3 aromatic rings. The molecule has 1 heterocycles. The molecule has 2 aromatic carbocycles. The molecule has 3 rings (SSSR count). The van der Waals surface area contributed by atoms with Crippen LogP contribution in [0.4, 0.5) is 5.82 Å². The largest absolute Gasteiger partial charge is 0.496 e. The van der Waals surface area contributed by atoms with Crippen LogP contribution in [0.3, 0.4) is 0 Å². The minimum absolute atomic E-state index is 0.185. The number of nitrogens with zero attached hydrogens (tertiary/aromatic N) is 1. The molecular weight excluding hydrogens is 326 g/mol. The molecule has 1 aromatic heterocycles. The number of sulfonamides is 1. The molecule has 124 valence electrons. The molecule has 6 nitrogen and oxygen atoms in total. The van der Waals surface area contributed by atoms with Crippen molar-refractivity contribution < 1.29 is 13.2 Å². The molecule has 0 saturated carbocycles.